The van der Waals surface area contributed by atoms with Gasteiger partial charge >= 0.3 is 7.48 Å². The molecule has 3 rings (SSSR count). The predicted molar refractivity (Wildman–Crippen MR) is 152 cm³/mol. The number of hydrogen-bond acceptors (Lipinski definition) is 4. The lowest BCUT2D eigenvalue weighted by Gasteiger charge is -2.37. The minimum atomic E-state index is -0.929. The predicted octanol–water partition coefficient (Wildman–Crippen LogP) is -2.99. The monoisotopic (exact) mass is 437 g/mol. The molecule has 4 nitrogen and oxygen atoms in total. The normalized spacial score (nSPS) is 12.1. The molecule has 0 bridgehead atoms. The van der Waals surface area contributed by atoms with E-state index in [-0.39, 0.29) is 0 Å². The van der Waals surface area contributed by atoms with Crippen molar-refractivity contribution < 1.29 is 14.9 Å². The fourth-order valence-corrected chi connectivity index (χ4v) is 3.88. The van der Waals surface area contributed by atoms with E-state index in [4.69, 9.17) is 9.64 Å². The maximum Gasteiger partial charge on any atom is 0.309 e. The van der Waals surface area contributed by atoms with Crippen molar-refractivity contribution in [3.63, 3.8) is 0 Å². The van der Waals surface area contributed by atoms with Gasteiger partial charge in [-0.15, -0.1) is 0 Å². The van der Waals surface area contributed by atoms with Gasteiger partial charge in [-0.3, -0.25) is 4.98 Å². The molecule has 0 atom stereocenters. The first-order valence-electron chi connectivity index (χ1n) is 11.5. The van der Waals surface area contributed by atoms with Gasteiger partial charge in [0.15, 0.2) is 0 Å². The van der Waals surface area contributed by atoms with Crippen molar-refractivity contribution in [3.05, 3.63) is 42.1 Å². The fraction of sp³-hybridized carbons (Fsp3) is 0.292. The van der Waals surface area contributed by atoms with Crippen molar-refractivity contribution in [2.45, 2.75) is 45.8 Å². The van der Waals surface area contributed by atoms with Gasteiger partial charge in [-0.2, -0.15) is 0 Å². The number of aromatic hydroxyl groups is 1. The molecule has 0 aliphatic carbocycles. The SMILES string of the molecule is Bc1c(B)c(-c2cnc(-c3ccc(BOC(C)(C)C(C)(C)O)cc3)cc2C)c(B)c(B)c1O. The third-order valence-corrected chi connectivity index (χ3v) is 7.29. The summed E-state index contributed by atoms with van der Waals surface area (Å²) in [5, 5.41) is 20.7. The lowest BCUT2D eigenvalue weighted by Crippen LogP contribution is -2.49. The van der Waals surface area contributed by atoms with E-state index >= 15 is 0 Å². The van der Waals surface area contributed by atoms with Crippen molar-refractivity contribution in [2.75, 3.05) is 0 Å². The molecule has 0 saturated heterocycles. The maximum absolute atomic E-state index is 10.4. The summed E-state index contributed by atoms with van der Waals surface area (Å²) in [4.78, 5) is 4.77. The topological polar surface area (TPSA) is 62.6 Å². The summed E-state index contributed by atoms with van der Waals surface area (Å²) >= 11 is 0. The Morgan fingerprint density at radius 3 is 1.94 bits per heavy atom. The van der Waals surface area contributed by atoms with Gasteiger partial charge in [0.1, 0.15) is 37.1 Å². The number of aliphatic hydroxyl groups is 1. The van der Waals surface area contributed by atoms with Crippen molar-refractivity contribution in [1.82, 2.24) is 4.98 Å². The Morgan fingerprint density at radius 2 is 1.45 bits per heavy atom. The second kappa shape index (κ2) is 9.11. The van der Waals surface area contributed by atoms with Crippen molar-refractivity contribution in [3.8, 4) is 28.1 Å². The van der Waals surface area contributed by atoms with Crippen LogP contribution in [0.5, 0.6) is 5.75 Å². The molecule has 0 unspecified atom stereocenters. The van der Waals surface area contributed by atoms with Crippen LogP contribution in [-0.4, -0.2) is 65.3 Å². The number of phenolic OH excluding ortho intramolecular Hbond substituents is 1. The van der Waals surface area contributed by atoms with Crippen molar-refractivity contribution >= 4 is 66.2 Å². The summed E-state index contributed by atoms with van der Waals surface area (Å²) in [7, 11) is 8.48. The van der Waals surface area contributed by atoms with Gasteiger partial charge in [0.05, 0.1) is 16.9 Å². The van der Waals surface area contributed by atoms with Gasteiger partial charge in [-0.1, -0.05) is 51.6 Å². The molecule has 3 aromatic rings. The Bertz CT molecular complexity index is 1160. The second-order valence-corrected chi connectivity index (χ2v) is 10.2. The first kappa shape index (κ1) is 25.3. The van der Waals surface area contributed by atoms with E-state index in [1.54, 1.807) is 13.8 Å². The molecular formula is C24H32B5NO3. The number of hydrogen-bond donors (Lipinski definition) is 2. The highest BCUT2D eigenvalue weighted by atomic mass is 16.5. The average molecular weight is 437 g/mol. The molecule has 2 N–H and O–H groups in total. The highest BCUT2D eigenvalue weighted by molar-refractivity contribution is 6.61. The molecule has 0 amide bonds. The molecule has 0 spiro atoms. The molecule has 9 heteroatoms. The molecule has 0 aliphatic rings. The van der Waals surface area contributed by atoms with Crippen LogP contribution in [0, 0.1) is 6.92 Å². The van der Waals surface area contributed by atoms with Gasteiger partial charge in [0, 0.05) is 17.3 Å². The van der Waals surface area contributed by atoms with Crippen molar-refractivity contribution in [1.29, 1.82) is 0 Å². The molecule has 1 aromatic heterocycles. The van der Waals surface area contributed by atoms with Crippen LogP contribution in [0.15, 0.2) is 36.5 Å². The van der Waals surface area contributed by atoms with Crippen LogP contribution in [0.3, 0.4) is 0 Å². The van der Waals surface area contributed by atoms with Crippen LogP contribution in [0.1, 0.15) is 33.3 Å². The molecule has 0 saturated carbocycles. The van der Waals surface area contributed by atoms with Gasteiger partial charge < -0.3 is 14.9 Å². The van der Waals surface area contributed by atoms with Gasteiger partial charge in [0.25, 0.3) is 0 Å². The summed E-state index contributed by atoms with van der Waals surface area (Å²) in [6.07, 6.45) is 1.94. The van der Waals surface area contributed by atoms with E-state index in [1.807, 2.05) is 47.9 Å². The highest BCUT2D eigenvalue weighted by Gasteiger charge is 2.35. The molecule has 0 fully saturated rings. The quantitative estimate of drug-likeness (QED) is 0.405. The van der Waals surface area contributed by atoms with Crippen LogP contribution in [0.2, 0.25) is 0 Å². The van der Waals surface area contributed by atoms with Crippen molar-refractivity contribution in [2.24, 2.45) is 0 Å². The molecule has 1 heterocycles. The standard InChI is InChI=1S/C24H32B5NO3/c1-12-10-16(13-6-8-14(9-7-13)29-33-24(4,5)23(2,3)32)30-11-15(12)17-18(25)20(27)22(31)21(28)19(17)26/h6-11,29,31-32H,25-28H2,1-5H3. The third kappa shape index (κ3) is 4.95. The summed E-state index contributed by atoms with van der Waals surface area (Å²) in [6.45, 7) is 9.43. The zero-order valence-corrected chi connectivity index (χ0v) is 21.4. The van der Waals surface area contributed by atoms with Crippen LogP contribution in [0.25, 0.3) is 22.4 Å². The van der Waals surface area contributed by atoms with Crippen LogP contribution in [0.4, 0.5) is 0 Å². The van der Waals surface area contributed by atoms with Crippen LogP contribution < -0.4 is 27.3 Å². The zero-order valence-electron chi connectivity index (χ0n) is 21.4. The number of aryl methyl sites for hydroxylation is 1. The Balaban J connectivity index is 1.87. The summed E-state index contributed by atoms with van der Waals surface area (Å²) in [5.41, 5.74) is 8.84. The molecular weight excluding hydrogens is 404 g/mol. The van der Waals surface area contributed by atoms with E-state index < -0.39 is 11.2 Å². The number of rotatable bonds is 6. The Morgan fingerprint density at radius 1 is 0.909 bits per heavy atom. The molecule has 166 valence electrons. The average Bonchev–Trinajstić information content (AvgIpc) is 2.75. The number of aromatic nitrogens is 1. The first-order valence-corrected chi connectivity index (χ1v) is 11.5. The third-order valence-electron chi connectivity index (χ3n) is 7.29. The van der Waals surface area contributed by atoms with Crippen LogP contribution >= 0.6 is 0 Å². The van der Waals surface area contributed by atoms with E-state index in [1.165, 1.54) is 0 Å². The lowest BCUT2D eigenvalue weighted by atomic mass is 9.65. The van der Waals surface area contributed by atoms with Gasteiger partial charge in [-0.25, -0.2) is 0 Å². The molecule has 2 aromatic carbocycles. The van der Waals surface area contributed by atoms with E-state index in [9.17, 15) is 10.2 Å². The molecule has 0 aliphatic heterocycles. The summed E-state index contributed by atoms with van der Waals surface area (Å²) in [5.74, 6) is 0.381. The first-order chi connectivity index (χ1) is 15.2. The number of phenols is 1. The Hall–Kier alpha value is -2.37. The van der Waals surface area contributed by atoms with Crippen LogP contribution in [-0.2, 0) is 4.65 Å². The second-order valence-electron chi connectivity index (χ2n) is 10.2. The maximum atomic E-state index is 10.4. The minimum absolute atomic E-state index is 0.381. The van der Waals surface area contributed by atoms with E-state index in [2.05, 4.69) is 40.8 Å². The number of benzene rings is 2. The highest BCUT2D eigenvalue weighted by Crippen LogP contribution is 2.26. The zero-order chi connectivity index (χ0) is 24.7. The lowest BCUT2D eigenvalue weighted by molar-refractivity contribution is -0.0893. The minimum Gasteiger partial charge on any atom is -0.509 e. The molecule has 33 heavy (non-hydrogen) atoms. The van der Waals surface area contributed by atoms with Gasteiger partial charge in [0.2, 0.25) is 0 Å². The number of nitrogens with zero attached hydrogens (tertiary/aromatic N) is 1. The summed E-state index contributed by atoms with van der Waals surface area (Å²) in [6, 6.07) is 10.3. The smallest absolute Gasteiger partial charge is 0.309 e. The largest absolute Gasteiger partial charge is 0.509 e. The Kier molecular flexibility index (Phi) is 6.98. The summed E-state index contributed by atoms with van der Waals surface area (Å²) < 4.78 is 5.98. The fourth-order valence-electron chi connectivity index (χ4n) is 3.88. The van der Waals surface area contributed by atoms with Gasteiger partial charge in [-0.05, 0) is 51.8 Å². The van der Waals surface area contributed by atoms with E-state index in [0.717, 1.165) is 55.3 Å². The Labute approximate surface area is 202 Å². The van der Waals surface area contributed by atoms with E-state index in [0.29, 0.717) is 13.2 Å². The number of pyridine rings is 1. The molecule has 0 radical (unpaired) electrons.